The first-order chi connectivity index (χ1) is 14.8. The van der Waals surface area contributed by atoms with Crippen LogP contribution in [0.15, 0.2) is 54.6 Å². The van der Waals surface area contributed by atoms with E-state index in [1.54, 1.807) is 25.1 Å². The molecular formula is C23H18O8. The van der Waals surface area contributed by atoms with E-state index in [-0.39, 0.29) is 40.7 Å². The van der Waals surface area contributed by atoms with Crippen LogP contribution in [0.5, 0.6) is 23.0 Å². The Morgan fingerprint density at radius 3 is 1.94 bits per heavy atom. The maximum atomic E-state index is 12.7. The molecule has 0 bridgehead atoms. The molecule has 0 saturated carbocycles. The molecule has 3 aromatic rings. The molecule has 0 fully saturated rings. The van der Waals surface area contributed by atoms with E-state index in [1.807, 2.05) is 0 Å². The van der Waals surface area contributed by atoms with Gasteiger partial charge < -0.3 is 29.9 Å². The highest BCUT2D eigenvalue weighted by molar-refractivity contribution is 6.00. The van der Waals surface area contributed by atoms with Crippen LogP contribution in [0.4, 0.5) is 0 Å². The van der Waals surface area contributed by atoms with Crippen molar-refractivity contribution < 1.29 is 39.5 Å². The molecule has 5 rings (SSSR count). The number of carboxylic acid groups (broad SMARTS) is 1. The van der Waals surface area contributed by atoms with E-state index in [1.165, 1.54) is 36.4 Å². The lowest BCUT2D eigenvalue weighted by molar-refractivity contribution is 0.0224. The number of aliphatic hydroxyl groups is 1. The number of aromatic carboxylic acids is 1. The second-order valence-electron chi connectivity index (χ2n) is 6.92. The molecule has 0 aromatic heterocycles. The number of benzene rings is 3. The first-order valence-corrected chi connectivity index (χ1v) is 9.38. The van der Waals surface area contributed by atoms with Gasteiger partial charge in [-0.05, 0) is 43.3 Å². The molecule has 0 atom stereocenters. The van der Waals surface area contributed by atoms with Gasteiger partial charge in [0.05, 0.1) is 11.1 Å². The predicted octanol–water partition coefficient (Wildman–Crippen LogP) is 3.36. The fraction of sp³-hybridized carbons (Fsp3) is 0.130. The Kier molecular flexibility index (Phi) is 4.79. The summed E-state index contributed by atoms with van der Waals surface area (Å²) in [6, 6.07) is 13.1. The second kappa shape index (κ2) is 7.33. The van der Waals surface area contributed by atoms with Crippen LogP contribution in [-0.4, -0.2) is 39.0 Å². The van der Waals surface area contributed by atoms with Crippen molar-refractivity contribution in [3.63, 3.8) is 0 Å². The largest absolute Gasteiger partial charge is 0.508 e. The molecule has 2 aliphatic heterocycles. The normalized spacial score (nSPS) is 14.3. The van der Waals surface area contributed by atoms with E-state index in [0.29, 0.717) is 16.7 Å². The Hall–Kier alpha value is -4.04. The van der Waals surface area contributed by atoms with Crippen molar-refractivity contribution >= 4 is 11.9 Å². The summed E-state index contributed by atoms with van der Waals surface area (Å²) in [5.41, 5.74) is 0.159. The van der Waals surface area contributed by atoms with E-state index in [2.05, 4.69) is 0 Å². The van der Waals surface area contributed by atoms with Crippen LogP contribution in [0.3, 0.4) is 0 Å². The number of carbonyl (C=O) groups excluding carboxylic acids is 1. The highest BCUT2D eigenvalue weighted by Crippen LogP contribution is 2.56. The van der Waals surface area contributed by atoms with E-state index in [4.69, 9.17) is 14.6 Å². The minimum absolute atomic E-state index is 0.0309. The van der Waals surface area contributed by atoms with Gasteiger partial charge in [0.2, 0.25) is 0 Å². The molecule has 0 saturated heterocycles. The average Bonchev–Trinajstić information content (AvgIpc) is 3.01. The molecule has 0 radical (unpaired) electrons. The summed E-state index contributed by atoms with van der Waals surface area (Å²) in [6.45, 7) is 1.93. The number of aromatic hydroxyl groups is 2. The summed E-state index contributed by atoms with van der Waals surface area (Å²) >= 11 is 0. The van der Waals surface area contributed by atoms with Crippen LogP contribution in [-0.2, 0) is 10.3 Å². The van der Waals surface area contributed by atoms with E-state index >= 15 is 0 Å². The SMILES string of the molecule is CCO.O=C(O)c1ccc2c(c1)C(=O)OC21c2ccc(O)cc2Oc2cc(O)ccc21. The van der Waals surface area contributed by atoms with Crippen molar-refractivity contribution in [2.75, 3.05) is 6.61 Å². The second-order valence-corrected chi connectivity index (χ2v) is 6.92. The monoisotopic (exact) mass is 422 g/mol. The number of esters is 1. The Morgan fingerprint density at radius 1 is 0.903 bits per heavy atom. The minimum atomic E-state index is -1.38. The van der Waals surface area contributed by atoms with Gasteiger partial charge in [0.1, 0.15) is 23.0 Å². The van der Waals surface area contributed by atoms with E-state index in [0.717, 1.165) is 0 Å². The van der Waals surface area contributed by atoms with Crippen LogP contribution in [0.2, 0.25) is 0 Å². The number of ether oxygens (including phenoxy) is 2. The Morgan fingerprint density at radius 2 is 1.42 bits per heavy atom. The van der Waals surface area contributed by atoms with Gasteiger partial charge in [0.25, 0.3) is 0 Å². The number of rotatable bonds is 1. The molecular weight excluding hydrogens is 404 g/mol. The number of hydrogen-bond donors (Lipinski definition) is 4. The molecule has 0 amide bonds. The van der Waals surface area contributed by atoms with E-state index in [9.17, 15) is 24.9 Å². The van der Waals surface area contributed by atoms with Gasteiger partial charge in [-0.15, -0.1) is 0 Å². The average molecular weight is 422 g/mol. The van der Waals surface area contributed by atoms with Crippen molar-refractivity contribution in [3.8, 4) is 23.0 Å². The van der Waals surface area contributed by atoms with Crippen molar-refractivity contribution in [1.82, 2.24) is 0 Å². The molecule has 2 heterocycles. The van der Waals surface area contributed by atoms with Crippen LogP contribution in [0.25, 0.3) is 0 Å². The number of phenolic OH excluding ortho intramolecular Hbond substituents is 2. The Bertz CT molecular complexity index is 1160. The summed E-state index contributed by atoms with van der Waals surface area (Å²) in [5, 5.41) is 36.6. The van der Waals surface area contributed by atoms with E-state index < -0.39 is 17.5 Å². The zero-order chi connectivity index (χ0) is 22.3. The Labute approximate surface area is 176 Å². The van der Waals surface area contributed by atoms with Gasteiger partial charge in [-0.3, -0.25) is 0 Å². The quantitative estimate of drug-likeness (QED) is 0.439. The van der Waals surface area contributed by atoms with Gasteiger partial charge in [0, 0.05) is 35.4 Å². The van der Waals surface area contributed by atoms with Gasteiger partial charge in [-0.2, -0.15) is 0 Å². The highest BCUT2D eigenvalue weighted by Gasteiger charge is 2.53. The molecule has 4 N–H and O–H groups in total. The lowest BCUT2D eigenvalue weighted by atomic mass is 9.77. The highest BCUT2D eigenvalue weighted by atomic mass is 16.6. The first-order valence-electron chi connectivity index (χ1n) is 9.38. The molecule has 158 valence electrons. The molecule has 0 unspecified atom stereocenters. The van der Waals surface area contributed by atoms with Crippen LogP contribution < -0.4 is 4.74 Å². The molecule has 2 aliphatic rings. The number of hydrogen-bond acceptors (Lipinski definition) is 7. The smallest absolute Gasteiger partial charge is 0.340 e. The number of fused-ring (bicyclic) bond motifs is 6. The van der Waals surface area contributed by atoms with Crippen molar-refractivity contribution in [2.45, 2.75) is 12.5 Å². The molecule has 8 heteroatoms. The third kappa shape index (κ3) is 3.04. The van der Waals surface area contributed by atoms with Crippen molar-refractivity contribution in [1.29, 1.82) is 0 Å². The van der Waals surface area contributed by atoms with Crippen LogP contribution in [0.1, 0.15) is 44.3 Å². The maximum absolute atomic E-state index is 12.7. The molecule has 31 heavy (non-hydrogen) atoms. The fourth-order valence-electron chi connectivity index (χ4n) is 3.84. The van der Waals surface area contributed by atoms with Gasteiger partial charge in [-0.1, -0.05) is 6.07 Å². The fourth-order valence-corrected chi connectivity index (χ4v) is 3.84. The summed E-state index contributed by atoms with van der Waals surface area (Å²) in [6.07, 6.45) is 0. The topological polar surface area (TPSA) is 134 Å². The van der Waals surface area contributed by atoms with Crippen LogP contribution >= 0.6 is 0 Å². The summed E-state index contributed by atoms with van der Waals surface area (Å²) in [7, 11) is 0. The zero-order valence-corrected chi connectivity index (χ0v) is 16.3. The number of carbonyl (C=O) groups is 2. The van der Waals surface area contributed by atoms with Crippen molar-refractivity contribution in [3.05, 3.63) is 82.4 Å². The lowest BCUT2D eigenvalue weighted by Crippen LogP contribution is -2.32. The lowest BCUT2D eigenvalue weighted by Gasteiger charge is -2.36. The minimum Gasteiger partial charge on any atom is -0.508 e. The third-order valence-corrected chi connectivity index (χ3v) is 5.02. The van der Waals surface area contributed by atoms with Crippen LogP contribution in [0, 0.1) is 0 Å². The molecule has 3 aromatic carbocycles. The van der Waals surface area contributed by atoms with Gasteiger partial charge in [-0.25, -0.2) is 9.59 Å². The first kappa shape index (κ1) is 20.2. The summed E-state index contributed by atoms with van der Waals surface area (Å²) in [5.74, 6) is -1.37. The number of phenols is 2. The standard InChI is InChI=1S/C21H12O7.C2H6O/c22-11-2-5-15-17(8-11)27-18-9-12(23)3-6-16(18)21(15)14-4-1-10(19(24)25)7-13(14)20(26)28-21;1-2-3/h1-9,22-23H,(H,24,25);3H,2H2,1H3. The van der Waals surface area contributed by atoms with Crippen molar-refractivity contribution in [2.24, 2.45) is 0 Å². The van der Waals surface area contributed by atoms with Gasteiger partial charge in [0.15, 0.2) is 5.60 Å². The summed E-state index contributed by atoms with van der Waals surface area (Å²) < 4.78 is 11.7. The third-order valence-electron chi connectivity index (χ3n) is 5.02. The van der Waals surface area contributed by atoms with Gasteiger partial charge >= 0.3 is 11.9 Å². The number of carboxylic acids is 1. The molecule has 1 spiro atoms. The maximum Gasteiger partial charge on any atom is 0.340 e. The molecule has 8 nitrogen and oxygen atoms in total. The molecule has 0 aliphatic carbocycles. The predicted molar refractivity (Wildman–Crippen MR) is 108 cm³/mol. The zero-order valence-electron chi connectivity index (χ0n) is 16.3. The number of aliphatic hydroxyl groups excluding tert-OH is 1. The Balaban J connectivity index is 0.000000730. The summed E-state index contributed by atoms with van der Waals surface area (Å²) in [4.78, 5) is 24.0.